The molecule has 3 nitrogen and oxygen atoms in total. The van der Waals surface area contributed by atoms with Gasteiger partial charge in [0.05, 0.1) is 10.4 Å². The fraction of sp³-hybridized carbons (Fsp3) is 0.667. The van der Waals surface area contributed by atoms with Crippen LogP contribution in [-0.4, -0.2) is 16.2 Å². The second-order valence-electron chi connectivity index (χ2n) is 7.36. The molecule has 0 saturated heterocycles. The van der Waals surface area contributed by atoms with Crippen molar-refractivity contribution in [3.05, 3.63) is 21.9 Å². The second-order valence-corrected chi connectivity index (χ2v) is 8.28. The van der Waals surface area contributed by atoms with Crippen molar-refractivity contribution in [2.45, 2.75) is 52.6 Å². The molecule has 1 aromatic heterocycles. The van der Waals surface area contributed by atoms with Crippen molar-refractivity contribution in [2.24, 2.45) is 10.8 Å². The van der Waals surface area contributed by atoms with Gasteiger partial charge in [-0.25, -0.2) is 4.79 Å². The average Bonchev–Trinajstić information content (AvgIpc) is 2.59. The molecule has 0 spiro atoms. The molecule has 0 unspecified atom stereocenters. The first-order valence-corrected chi connectivity index (χ1v) is 7.46. The number of rotatable bonds is 2. The monoisotopic (exact) mass is 282 g/mol. The van der Waals surface area contributed by atoms with Gasteiger partial charge in [0.25, 0.3) is 0 Å². The molecule has 0 atom stereocenters. The van der Waals surface area contributed by atoms with Crippen LogP contribution >= 0.6 is 11.3 Å². The lowest BCUT2D eigenvalue weighted by molar-refractivity contribution is -0.0893. The number of aliphatic hydroxyl groups is 1. The molecule has 0 aliphatic heterocycles. The van der Waals surface area contributed by atoms with Gasteiger partial charge in [-0.1, -0.05) is 27.7 Å². The smallest absolute Gasteiger partial charge is 0.336 e. The summed E-state index contributed by atoms with van der Waals surface area (Å²) in [6.45, 7) is 8.58. The van der Waals surface area contributed by atoms with Crippen molar-refractivity contribution in [3.8, 4) is 0 Å². The Morgan fingerprint density at radius 1 is 1.16 bits per heavy atom. The number of aromatic carboxylic acids is 1. The number of carboxylic acid groups (broad SMARTS) is 1. The molecule has 1 aliphatic carbocycles. The zero-order valence-corrected chi connectivity index (χ0v) is 12.8. The van der Waals surface area contributed by atoms with E-state index < -0.39 is 11.6 Å². The van der Waals surface area contributed by atoms with Gasteiger partial charge < -0.3 is 10.2 Å². The molecule has 2 N–H and O–H groups in total. The average molecular weight is 282 g/mol. The molecule has 4 heteroatoms. The van der Waals surface area contributed by atoms with E-state index >= 15 is 0 Å². The summed E-state index contributed by atoms with van der Waals surface area (Å²) in [5, 5.41) is 22.1. The number of hydrogen-bond donors (Lipinski definition) is 2. The van der Waals surface area contributed by atoms with Crippen molar-refractivity contribution < 1.29 is 15.0 Å². The van der Waals surface area contributed by atoms with Crippen LogP contribution in [0.2, 0.25) is 0 Å². The minimum Gasteiger partial charge on any atom is -0.478 e. The lowest BCUT2D eigenvalue weighted by Crippen LogP contribution is -2.44. The first-order valence-electron chi connectivity index (χ1n) is 6.58. The van der Waals surface area contributed by atoms with Crippen LogP contribution in [0.1, 0.15) is 62.2 Å². The third kappa shape index (κ3) is 2.84. The van der Waals surface area contributed by atoms with E-state index in [0.29, 0.717) is 17.7 Å². The molecule has 1 fully saturated rings. The summed E-state index contributed by atoms with van der Waals surface area (Å²) in [5.41, 5.74) is -0.749. The van der Waals surface area contributed by atoms with E-state index in [-0.39, 0.29) is 16.4 Å². The van der Waals surface area contributed by atoms with Crippen molar-refractivity contribution in [2.75, 3.05) is 0 Å². The quantitative estimate of drug-likeness (QED) is 0.865. The highest BCUT2D eigenvalue weighted by molar-refractivity contribution is 7.10. The van der Waals surface area contributed by atoms with Crippen LogP contribution in [0.15, 0.2) is 11.4 Å². The minimum atomic E-state index is -1.02. The van der Waals surface area contributed by atoms with Gasteiger partial charge in [-0.3, -0.25) is 0 Å². The fourth-order valence-corrected chi connectivity index (χ4v) is 5.05. The number of hydrogen-bond acceptors (Lipinski definition) is 3. The van der Waals surface area contributed by atoms with Crippen LogP contribution in [0.5, 0.6) is 0 Å². The normalized spacial score (nSPS) is 24.1. The molecule has 19 heavy (non-hydrogen) atoms. The van der Waals surface area contributed by atoms with Gasteiger partial charge in [0.15, 0.2) is 0 Å². The highest BCUT2D eigenvalue weighted by Crippen LogP contribution is 2.55. The molecule has 106 valence electrons. The molecule has 1 aromatic rings. The molecular weight excluding hydrogens is 260 g/mol. The Hall–Kier alpha value is -0.870. The zero-order valence-electron chi connectivity index (χ0n) is 12.0. The minimum absolute atomic E-state index is 0.0102. The predicted octanol–water partition coefficient (Wildman–Crippen LogP) is 3.87. The summed E-state index contributed by atoms with van der Waals surface area (Å²) in [6, 6.07) is 1.59. The van der Waals surface area contributed by atoms with Crippen LogP contribution in [0, 0.1) is 10.8 Å². The van der Waals surface area contributed by atoms with Crippen molar-refractivity contribution in [3.63, 3.8) is 0 Å². The third-order valence-electron chi connectivity index (χ3n) is 3.82. The summed E-state index contributed by atoms with van der Waals surface area (Å²) < 4.78 is 0. The molecule has 1 aliphatic rings. The van der Waals surface area contributed by atoms with Crippen LogP contribution in [0.25, 0.3) is 0 Å². The second kappa shape index (κ2) is 4.32. The topological polar surface area (TPSA) is 57.5 Å². The molecule has 2 rings (SSSR count). The summed E-state index contributed by atoms with van der Waals surface area (Å²) in [7, 11) is 0. The molecule has 1 heterocycles. The lowest BCUT2D eigenvalue weighted by atomic mass is 9.59. The van der Waals surface area contributed by atoms with Gasteiger partial charge in [0, 0.05) is 0 Å². The highest BCUT2D eigenvalue weighted by Gasteiger charge is 2.49. The van der Waals surface area contributed by atoms with E-state index in [1.807, 2.05) is 0 Å². The summed E-state index contributed by atoms with van der Waals surface area (Å²) in [6.07, 6.45) is 2.27. The van der Waals surface area contributed by atoms with Gasteiger partial charge in [0.1, 0.15) is 5.60 Å². The van der Waals surface area contributed by atoms with Gasteiger partial charge >= 0.3 is 5.97 Å². The molecule has 0 amide bonds. The van der Waals surface area contributed by atoms with E-state index in [9.17, 15) is 15.0 Å². The zero-order chi connectivity index (χ0) is 14.5. The Labute approximate surface area is 118 Å². The maximum absolute atomic E-state index is 11.3. The van der Waals surface area contributed by atoms with Crippen molar-refractivity contribution in [1.82, 2.24) is 0 Å². The van der Waals surface area contributed by atoms with Gasteiger partial charge in [0.2, 0.25) is 0 Å². The van der Waals surface area contributed by atoms with Crippen LogP contribution in [-0.2, 0) is 5.60 Å². The Morgan fingerprint density at radius 2 is 1.68 bits per heavy atom. The number of thiophene rings is 1. The predicted molar refractivity (Wildman–Crippen MR) is 76.6 cm³/mol. The molecule has 0 radical (unpaired) electrons. The Bertz CT molecular complexity index is 483. The van der Waals surface area contributed by atoms with Crippen LogP contribution in [0.3, 0.4) is 0 Å². The first kappa shape index (κ1) is 14.5. The molecule has 0 aromatic carbocycles. The maximum atomic E-state index is 11.3. The lowest BCUT2D eigenvalue weighted by Gasteiger charge is -2.49. The Balaban J connectivity index is 2.46. The van der Waals surface area contributed by atoms with Crippen molar-refractivity contribution >= 4 is 17.3 Å². The fourth-order valence-electron chi connectivity index (χ4n) is 4.06. The first-order chi connectivity index (χ1) is 8.55. The maximum Gasteiger partial charge on any atom is 0.336 e. The highest BCUT2D eigenvalue weighted by atomic mass is 32.1. The molecule has 0 bridgehead atoms. The Morgan fingerprint density at radius 3 is 2.16 bits per heavy atom. The van der Waals surface area contributed by atoms with Crippen LogP contribution < -0.4 is 0 Å². The van der Waals surface area contributed by atoms with Gasteiger partial charge in [-0.15, -0.1) is 11.3 Å². The summed E-state index contributed by atoms with van der Waals surface area (Å²) >= 11 is 1.35. The SMILES string of the molecule is CC1(C)CC(C)(C)CC(O)(c2sccc2C(=O)O)C1. The van der Waals surface area contributed by atoms with E-state index in [0.717, 1.165) is 6.42 Å². The van der Waals surface area contributed by atoms with Crippen molar-refractivity contribution in [1.29, 1.82) is 0 Å². The number of carboxylic acids is 1. The third-order valence-corrected chi connectivity index (χ3v) is 4.93. The van der Waals surface area contributed by atoms with Crippen LogP contribution in [0.4, 0.5) is 0 Å². The van der Waals surface area contributed by atoms with E-state index in [1.54, 1.807) is 11.4 Å². The van der Waals surface area contributed by atoms with Gasteiger partial charge in [-0.2, -0.15) is 0 Å². The Kier molecular flexibility index (Phi) is 3.30. The van der Waals surface area contributed by atoms with E-state index in [4.69, 9.17) is 0 Å². The molecule has 1 saturated carbocycles. The standard InChI is InChI=1S/C15H22O3S/c1-13(2)7-14(3,4)9-15(18,8-13)11-10(12(16)17)5-6-19-11/h5-6,18H,7-9H2,1-4H3,(H,16,17). The summed E-state index contributed by atoms with van der Waals surface area (Å²) in [4.78, 5) is 11.9. The number of carbonyl (C=O) groups is 1. The summed E-state index contributed by atoms with van der Waals surface area (Å²) in [5.74, 6) is -0.953. The van der Waals surface area contributed by atoms with Gasteiger partial charge in [-0.05, 0) is 41.5 Å². The van der Waals surface area contributed by atoms with E-state index in [2.05, 4.69) is 27.7 Å². The van der Waals surface area contributed by atoms with E-state index in [1.165, 1.54) is 11.3 Å². The molecular formula is C15H22O3S. The largest absolute Gasteiger partial charge is 0.478 e.